The van der Waals surface area contributed by atoms with Crippen molar-refractivity contribution in [3.05, 3.63) is 35.4 Å². The molecule has 0 aromatic heterocycles. The van der Waals surface area contributed by atoms with Gasteiger partial charge in [-0.3, -0.25) is 4.79 Å². The van der Waals surface area contributed by atoms with E-state index in [4.69, 9.17) is 0 Å². The number of carbonyl (C=O) groups excluding carboxylic acids is 1. The minimum Gasteiger partial charge on any atom is -0.273 e. The molecular formula is C12H11F3N2O. The summed E-state index contributed by atoms with van der Waals surface area (Å²) >= 11 is 0. The van der Waals surface area contributed by atoms with Crippen LogP contribution in [0.2, 0.25) is 0 Å². The lowest BCUT2D eigenvalue weighted by Gasteiger charge is -2.06. The first-order chi connectivity index (χ1) is 8.47. The van der Waals surface area contributed by atoms with Crippen LogP contribution in [0.5, 0.6) is 0 Å². The maximum absolute atomic E-state index is 12.4. The minimum atomic E-state index is -4.37. The van der Waals surface area contributed by atoms with Gasteiger partial charge in [-0.1, -0.05) is 12.1 Å². The molecule has 0 unspecified atom stereocenters. The highest BCUT2D eigenvalue weighted by molar-refractivity contribution is 5.84. The number of carbonyl (C=O) groups is 1. The fourth-order valence-electron chi connectivity index (χ4n) is 1.40. The third kappa shape index (κ3) is 3.32. The number of hydrogen-bond donors (Lipinski definition) is 1. The van der Waals surface area contributed by atoms with Crippen molar-refractivity contribution in [3.63, 3.8) is 0 Å². The molecule has 1 aliphatic carbocycles. The van der Waals surface area contributed by atoms with Gasteiger partial charge in [0.2, 0.25) is 5.91 Å². The lowest BCUT2D eigenvalue weighted by Crippen LogP contribution is -2.19. The Hall–Kier alpha value is -1.85. The Morgan fingerprint density at radius 1 is 1.39 bits per heavy atom. The average molecular weight is 256 g/mol. The maximum atomic E-state index is 12.4. The number of benzene rings is 1. The highest BCUT2D eigenvalue weighted by Gasteiger charge is 2.30. The van der Waals surface area contributed by atoms with E-state index < -0.39 is 11.7 Å². The van der Waals surface area contributed by atoms with Crippen molar-refractivity contribution in [2.45, 2.75) is 19.0 Å². The molecule has 1 saturated carbocycles. The van der Waals surface area contributed by atoms with Gasteiger partial charge in [-0.15, -0.1) is 0 Å². The monoisotopic (exact) mass is 256 g/mol. The van der Waals surface area contributed by atoms with Crippen LogP contribution in [0.1, 0.15) is 24.0 Å². The summed E-state index contributed by atoms with van der Waals surface area (Å²) in [7, 11) is 0. The maximum Gasteiger partial charge on any atom is 0.416 e. The Labute approximate surface area is 102 Å². The molecule has 1 fully saturated rings. The van der Waals surface area contributed by atoms with Crippen molar-refractivity contribution >= 4 is 12.1 Å². The second kappa shape index (κ2) is 4.80. The van der Waals surface area contributed by atoms with Gasteiger partial charge in [-0.2, -0.15) is 18.3 Å². The van der Waals surface area contributed by atoms with Gasteiger partial charge in [0, 0.05) is 5.92 Å². The quantitative estimate of drug-likeness (QED) is 0.655. The Balaban J connectivity index is 2.00. The van der Waals surface area contributed by atoms with E-state index in [1.165, 1.54) is 18.3 Å². The van der Waals surface area contributed by atoms with Gasteiger partial charge in [-0.05, 0) is 30.5 Å². The van der Waals surface area contributed by atoms with E-state index in [9.17, 15) is 18.0 Å². The van der Waals surface area contributed by atoms with Gasteiger partial charge in [0.15, 0.2) is 0 Å². The topological polar surface area (TPSA) is 41.5 Å². The van der Waals surface area contributed by atoms with E-state index in [0.29, 0.717) is 5.56 Å². The molecule has 0 spiro atoms. The number of alkyl halides is 3. The summed E-state index contributed by atoms with van der Waals surface area (Å²) in [6.45, 7) is 0. The number of amides is 1. The third-order valence-electron chi connectivity index (χ3n) is 2.55. The van der Waals surface area contributed by atoms with Crippen LogP contribution in [0.15, 0.2) is 29.4 Å². The lowest BCUT2D eigenvalue weighted by atomic mass is 10.1. The number of nitrogens with zero attached hydrogens (tertiary/aromatic N) is 1. The van der Waals surface area contributed by atoms with Gasteiger partial charge >= 0.3 is 6.18 Å². The molecule has 1 aliphatic rings. The van der Waals surface area contributed by atoms with E-state index in [1.54, 1.807) is 0 Å². The fraction of sp³-hybridized carbons (Fsp3) is 0.333. The van der Waals surface area contributed by atoms with Gasteiger partial charge in [-0.25, -0.2) is 5.43 Å². The summed E-state index contributed by atoms with van der Waals surface area (Å²) in [5.74, 6) is -0.165. The molecule has 0 atom stereocenters. The van der Waals surface area contributed by atoms with Crippen molar-refractivity contribution in [3.8, 4) is 0 Å². The summed E-state index contributed by atoms with van der Waals surface area (Å²) < 4.78 is 37.3. The molecule has 0 saturated heterocycles. The highest BCUT2D eigenvalue weighted by atomic mass is 19.4. The smallest absolute Gasteiger partial charge is 0.273 e. The minimum absolute atomic E-state index is 0.0173. The van der Waals surface area contributed by atoms with Crippen molar-refractivity contribution in [1.82, 2.24) is 5.43 Å². The summed E-state index contributed by atoms with van der Waals surface area (Å²) in [6, 6.07) is 4.75. The predicted molar refractivity (Wildman–Crippen MR) is 59.9 cm³/mol. The van der Waals surface area contributed by atoms with E-state index in [-0.39, 0.29) is 11.8 Å². The van der Waals surface area contributed by atoms with Crippen LogP contribution in [-0.4, -0.2) is 12.1 Å². The first-order valence-corrected chi connectivity index (χ1v) is 5.47. The van der Waals surface area contributed by atoms with Crippen LogP contribution in [0.25, 0.3) is 0 Å². The normalized spacial score (nSPS) is 15.9. The number of nitrogens with one attached hydrogen (secondary N) is 1. The molecule has 2 rings (SSSR count). The Morgan fingerprint density at radius 2 is 2.11 bits per heavy atom. The molecule has 0 aliphatic heterocycles. The molecule has 0 radical (unpaired) electrons. The molecule has 1 N–H and O–H groups in total. The first kappa shape index (κ1) is 12.6. The Morgan fingerprint density at radius 3 is 2.72 bits per heavy atom. The number of halogens is 3. The zero-order valence-corrected chi connectivity index (χ0v) is 9.37. The van der Waals surface area contributed by atoms with E-state index in [0.717, 1.165) is 25.0 Å². The second-order valence-electron chi connectivity index (χ2n) is 4.13. The molecule has 3 nitrogen and oxygen atoms in total. The van der Waals surface area contributed by atoms with Crippen molar-refractivity contribution in [2.75, 3.05) is 0 Å². The standard InChI is InChI=1S/C12H11F3N2O/c13-12(14,15)10-3-1-2-8(6-10)7-16-17-11(18)9-4-5-9/h1-3,6-7,9H,4-5H2,(H,17,18)/b16-7-. The van der Waals surface area contributed by atoms with Crippen molar-refractivity contribution in [1.29, 1.82) is 0 Å². The van der Waals surface area contributed by atoms with Gasteiger partial charge in [0.1, 0.15) is 0 Å². The zero-order chi connectivity index (χ0) is 13.2. The molecule has 1 aromatic carbocycles. The Kier molecular flexibility index (Phi) is 3.36. The molecule has 6 heteroatoms. The van der Waals surface area contributed by atoms with Gasteiger partial charge in [0.05, 0.1) is 11.8 Å². The van der Waals surface area contributed by atoms with Crippen LogP contribution in [0.3, 0.4) is 0 Å². The summed E-state index contributed by atoms with van der Waals surface area (Å²) in [4.78, 5) is 11.2. The summed E-state index contributed by atoms with van der Waals surface area (Å²) in [5.41, 5.74) is 1.86. The van der Waals surface area contributed by atoms with Crippen LogP contribution in [-0.2, 0) is 11.0 Å². The number of rotatable bonds is 3. The molecule has 0 heterocycles. The largest absolute Gasteiger partial charge is 0.416 e. The van der Waals surface area contributed by atoms with Crippen LogP contribution >= 0.6 is 0 Å². The van der Waals surface area contributed by atoms with E-state index >= 15 is 0 Å². The van der Waals surface area contributed by atoms with Crippen LogP contribution in [0, 0.1) is 5.92 Å². The van der Waals surface area contributed by atoms with Gasteiger partial charge in [0.25, 0.3) is 0 Å². The molecular weight excluding hydrogens is 245 g/mol. The predicted octanol–water partition coefficient (Wildman–Crippen LogP) is 2.57. The third-order valence-corrected chi connectivity index (χ3v) is 2.55. The van der Waals surface area contributed by atoms with E-state index in [2.05, 4.69) is 10.5 Å². The number of hydrogen-bond acceptors (Lipinski definition) is 2. The molecule has 18 heavy (non-hydrogen) atoms. The molecule has 1 aromatic rings. The fourth-order valence-corrected chi connectivity index (χ4v) is 1.40. The van der Waals surface area contributed by atoms with Crippen molar-refractivity contribution < 1.29 is 18.0 Å². The van der Waals surface area contributed by atoms with Gasteiger partial charge < -0.3 is 0 Å². The average Bonchev–Trinajstić information content (AvgIpc) is 3.12. The van der Waals surface area contributed by atoms with Crippen molar-refractivity contribution in [2.24, 2.45) is 11.0 Å². The summed E-state index contributed by atoms with van der Waals surface area (Å²) in [6.07, 6.45) is -1.47. The SMILES string of the molecule is O=C(N/N=C\c1cccc(C(F)(F)F)c1)C1CC1. The van der Waals surface area contributed by atoms with E-state index in [1.807, 2.05) is 0 Å². The lowest BCUT2D eigenvalue weighted by molar-refractivity contribution is -0.137. The molecule has 1 amide bonds. The Bertz CT molecular complexity index is 478. The zero-order valence-electron chi connectivity index (χ0n) is 9.37. The van der Waals surface area contributed by atoms with Crippen LogP contribution < -0.4 is 5.43 Å². The highest BCUT2D eigenvalue weighted by Crippen LogP contribution is 2.29. The summed E-state index contributed by atoms with van der Waals surface area (Å²) in [5, 5.41) is 3.63. The molecule has 96 valence electrons. The first-order valence-electron chi connectivity index (χ1n) is 5.47. The number of hydrazone groups is 1. The second-order valence-corrected chi connectivity index (χ2v) is 4.13. The van der Waals surface area contributed by atoms with Crippen LogP contribution in [0.4, 0.5) is 13.2 Å². The molecule has 0 bridgehead atoms.